The van der Waals surface area contributed by atoms with Crippen molar-refractivity contribution in [3.63, 3.8) is 0 Å². The van der Waals surface area contributed by atoms with E-state index in [0.29, 0.717) is 13.2 Å². The van der Waals surface area contributed by atoms with Crippen molar-refractivity contribution in [3.8, 4) is 56.3 Å². The molecule has 0 saturated heterocycles. The zero-order valence-corrected chi connectivity index (χ0v) is 19.5. The number of hydrogen-bond acceptors (Lipinski definition) is 2. The molecule has 0 aliphatic heterocycles. The fourth-order valence-corrected chi connectivity index (χ4v) is 4.26. The number of ether oxygens (including phenoxy) is 2. The Hall–Kier alpha value is -4.18. The van der Waals surface area contributed by atoms with Crippen LogP contribution in [-0.2, 0) is 0 Å². The lowest BCUT2D eigenvalue weighted by molar-refractivity contribution is 0.341. The first-order valence-electron chi connectivity index (χ1n) is 11.7. The van der Waals surface area contributed by atoms with E-state index in [1.807, 2.05) is 62.6 Å². The van der Waals surface area contributed by atoms with Crippen molar-refractivity contribution in [3.05, 3.63) is 97.3 Å². The Balaban J connectivity index is 1.44. The van der Waals surface area contributed by atoms with E-state index >= 15 is 0 Å². The number of rotatable bonds is 8. The highest BCUT2D eigenvalue weighted by molar-refractivity contribution is 5.79. The van der Waals surface area contributed by atoms with Crippen molar-refractivity contribution < 1.29 is 9.47 Å². The van der Waals surface area contributed by atoms with Crippen LogP contribution < -0.4 is 9.47 Å². The molecule has 0 saturated carbocycles. The van der Waals surface area contributed by atoms with Crippen LogP contribution in [0.4, 0.5) is 0 Å². The van der Waals surface area contributed by atoms with Gasteiger partial charge in [-0.15, -0.1) is 0 Å². The smallest absolute Gasteiger partial charge is 0.127 e. The van der Waals surface area contributed by atoms with Crippen LogP contribution in [-0.4, -0.2) is 23.2 Å². The standard InChI is InChI=1S/C30H28N2O2/c1-3-33-29-14-7-5-12-25(29)23-17-27(31-19-23)21-10-9-11-22(16-21)28-18-24(20-32-28)26-13-6-8-15-30(26)34-4-2/h5-20,31-32H,3-4H2,1-2H3. The third-order valence-corrected chi connectivity index (χ3v) is 5.85. The molecule has 0 fully saturated rings. The number of H-pyrrole nitrogens is 2. The first-order chi connectivity index (χ1) is 16.8. The fourth-order valence-electron chi connectivity index (χ4n) is 4.26. The maximum absolute atomic E-state index is 5.82. The fraction of sp³-hybridized carbons (Fsp3) is 0.133. The summed E-state index contributed by atoms with van der Waals surface area (Å²) >= 11 is 0. The number of para-hydroxylation sites is 2. The molecule has 2 N–H and O–H groups in total. The van der Waals surface area contributed by atoms with E-state index in [4.69, 9.17) is 9.47 Å². The minimum absolute atomic E-state index is 0.642. The molecule has 0 bridgehead atoms. The quantitative estimate of drug-likeness (QED) is 0.254. The lowest BCUT2D eigenvalue weighted by atomic mass is 10.0. The van der Waals surface area contributed by atoms with Crippen molar-refractivity contribution in [1.82, 2.24) is 9.97 Å². The minimum Gasteiger partial charge on any atom is -0.493 e. The number of aromatic nitrogens is 2. The molecule has 5 aromatic rings. The zero-order valence-electron chi connectivity index (χ0n) is 19.5. The molecule has 0 amide bonds. The number of hydrogen-bond donors (Lipinski definition) is 2. The molecule has 0 radical (unpaired) electrons. The lowest BCUT2D eigenvalue weighted by Gasteiger charge is -2.08. The van der Waals surface area contributed by atoms with E-state index in [1.165, 1.54) is 0 Å². The average Bonchev–Trinajstić information content (AvgIpc) is 3.56. The van der Waals surface area contributed by atoms with E-state index in [1.54, 1.807) is 0 Å². The van der Waals surface area contributed by atoms with Gasteiger partial charge in [0.15, 0.2) is 0 Å². The van der Waals surface area contributed by atoms with E-state index in [0.717, 1.165) is 56.3 Å². The Morgan fingerprint density at radius 3 is 1.47 bits per heavy atom. The number of nitrogens with one attached hydrogen (secondary N) is 2. The number of benzene rings is 3. The normalized spacial score (nSPS) is 10.9. The second-order valence-electron chi connectivity index (χ2n) is 8.04. The average molecular weight is 449 g/mol. The second kappa shape index (κ2) is 9.75. The molecule has 0 aliphatic carbocycles. The molecule has 3 aromatic carbocycles. The van der Waals surface area contributed by atoms with Crippen LogP contribution in [0.5, 0.6) is 11.5 Å². The van der Waals surface area contributed by atoms with Crippen LogP contribution in [0.3, 0.4) is 0 Å². The van der Waals surface area contributed by atoms with E-state index in [-0.39, 0.29) is 0 Å². The predicted molar refractivity (Wildman–Crippen MR) is 139 cm³/mol. The molecule has 4 nitrogen and oxygen atoms in total. The van der Waals surface area contributed by atoms with E-state index in [2.05, 4.69) is 58.5 Å². The van der Waals surface area contributed by atoms with Gasteiger partial charge in [0.05, 0.1) is 13.2 Å². The van der Waals surface area contributed by atoms with Crippen LogP contribution in [0.1, 0.15) is 13.8 Å². The van der Waals surface area contributed by atoms with Gasteiger partial charge in [0.2, 0.25) is 0 Å². The predicted octanol–water partition coefficient (Wildman–Crippen LogP) is 7.81. The molecule has 34 heavy (non-hydrogen) atoms. The molecule has 0 unspecified atom stereocenters. The van der Waals surface area contributed by atoms with Gasteiger partial charge < -0.3 is 19.4 Å². The van der Waals surface area contributed by atoms with Crippen molar-refractivity contribution in [2.75, 3.05) is 13.2 Å². The maximum atomic E-state index is 5.82. The summed E-state index contributed by atoms with van der Waals surface area (Å²) in [5.74, 6) is 1.80. The highest BCUT2D eigenvalue weighted by atomic mass is 16.5. The summed E-state index contributed by atoms with van der Waals surface area (Å²) in [6, 6.07) is 29.2. The van der Waals surface area contributed by atoms with Gasteiger partial charge in [0, 0.05) is 46.0 Å². The van der Waals surface area contributed by atoms with Gasteiger partial charge in [-0.05, 0) is 55.3 Å². The molecule has 0 aliphatic rings. The molecule has 0 atom stereocenters. The summed E-state index contributed by atoms with van der Waals surface area (Å²) in [5.41, 5.74) is 8.79. The Morgan fingerprint density at radius 2 is 1.00 bits per heavy atom. The summed E-state index contributed by atoms with van der Waals surface area (Å²) in [4.78, 5) is 6.88. The highest BCUT2D eigenvalue weighted by Gasteiger charge is 2.12. The van der Waals surface area contributed by atoms with Crippen LogP contribution in [0.15, 0.2) is 97.3 Å². The van der Waals surface area contributed by atoms with Crippen molar-refractivity contribution in [1.29, 1.82) is 0 Å². The molecule has 2 heterocycles. The highest BCUT2D eigenvalue weighted by Crippen LogP contribution is 2.35. The van der Waals surface area contributed by atoms with Crippen LogP contribution in [0.25, 0.3) is 44.8 Å². The largest absolute Gasteiger partial charge is 0.493 e. The third kappa shape index (κ3) is 4.35. The van der Waals surface area contributed by atoms with Gasteiger partial charge in [-0.25, -0.2) is 0 Å². The first kappa shape index (κ1) is 21.7. The Kier molecular flexibility index (Phi) is 6.21. The zero-order chi connectivity index (χ0) is 23.3. The SMILES string of the molecule is CCOc1ccccc1-c1c[nH]c(-c2cccc(-c3cc(-c4ccccc4OCC)c[nH]3)c2)c1. The third-order valence-electron chi connectivity index (χ3n) is 5.85. The van der Waals surface area contributed by atoms with Gasteiger partial charge in [0.25, 0.3) is 0 Å². The van der Waals surface area contributed by atoms with Crippen LogP contribution in [0, 0.1) is 0 Å². The van der Waals surface area contributed by atoms with Gasteiger partial charge in [-0.3, -0.25) is 0 Å². The van der Waals surface area contributed by atoms with Gasteiger partial charge in [-0.2, -0.15) is 0 Å². The summed E-state index contributed by atoms with van der Waals surface area (Å²) in [6.07, 6.45) is 4.08. The lowest BCUT2D eigenvalue weighted by Crippen LogP contribution is -1.93. The molecule has 170 valence electrons. The van der Waals surface area contributed by atoms with Gasteiger partial charge >= 0.3 is 0 Å². The topological polar surface area (TPSA) is 50.0 Å². The molecule has 4 heteroatoms. The van der Waals surface area contributed by atoms with Gasteiger partial charge in [-0.1, -0.05) is 54.6 Å². The van der Waals surface area contributed by atoms with Crippen molar-refractivity contribution in [2.24, 2.45) is 0 Å². The minimum atomic E-state index is 0.642. The number of aromatic amines is 2. The van der Waals surface area contributed by atoms with Crippen LogP contribution in [0.2, 0.25) is 0 Å². The maximum Gasteiger partial charge on any atom is 0.127 e. The second-order valence-corrected chi connectivity index (χ2v) is 8.04. The van der Waals surface area contributed by atoms with Crippen LogP contribution >= 0.6 is 0 Å². The Labute approximate surface area is 200 Å². The van der Waals surface area contributed by atoms with Gasteiger partial charge in [0.1, 0.15) is 11.5 Å². The van der Waals surface area contributed by atoms with Crippen molar-refractivity contribution in [2.45, 2.75) is 13.8 Å². The Bertz CT molecular complexity index is 1290. The molecular formula is C30H28N2O2. The van der Waals surface area contributed by atoms with E-state index < -0.39 is 0 Å². The molecular weight excluding hydrogens is 420 g/mol. The summed E-state index contributed by atoms with van der Waals surface area (Å²) < 4.78 is 11.6. The Morgan fingerprint density at radius 1 is 0.529 bits per heavy atom. The van der Waals surface area contributed by atoms with E-state index in [9.17, 15) is 0 Å². The molecule has 2 aromatic heterocycles. The van der Waals surface area contributed by atoms with Crippen molar-refractivity contribution >= 4 is 0 Å². The summed E-state index contributed by atoms with van der Waals surface area (Å²) in [6.45, 7) is 5.30. The molecule has 0 spiro atoms. The molecule has 5 rings (SSSR count). The summed E-state index contributed by atoms with van der Waals surface area (Å²) in [5, 5.41) is 0. The monoisotopic (exact) mass is 448 g/mol. The first-order valence-corrected chi connectivity index (χ1v) is 11.7. The summed E-state index contributed by atoms with van der Waals surface area (Å²) in [7, 11) is 0.